The summed E-state index contributed by atoms with van der Waals surface area (Å²) in [7, 11) is -3.42. The van der Waals surface area contributed by atoms with E-state index in [2.05, 4.69) is 30.2 Å². The van der Waals surface area contributed by atoms with E-state index in [1.165, 1.54) is 23.1 Å². The third-order valence-electron chi connectivity index (χ3n) is 4.80. The van der Waals surface area contributed by atoms with Crippen molar-refractivity contribution in [3.8, 4) is 11.3 Å². The molecule has 0 aliphatic carbocycles. The Morgan fingerprint density at radius 3 is 2.75 bits per heavy atom. The fourth-order valence-electron chi connectivity index (χ4n) is 3.22. The van der Waals surface area contributed by atoms with E-state index in [-0.39, 0.29) is 22.2 Å². The molecule has 0 spiro atoms. The van der Waals surface area contributed by atoms with Gasteiger partial charge in [0.05, 0.1) is 29.4 Å². The first-order valence-corrected chi connectivity index (χ1v) is 11.5. The summed E-state index contributed by atoms with van der Waals surface area (Å²) >= 11 is 6.22. The Bertz CT molecular complexity index is 1490. The van der Waals surface area contributed by atoms with Crippen molar-refractivity contribution >= 4 is 44.4 Å². The number of nitrogens with zero attached hydrogens (tertiary/aromatic N) is 6. The lowest BCUT2D eigenvalue weighted by Crippen LogP contribution is -2.12. The first-order chi connectivity index (χ1) is 15.2. The van der Waals surface area contributed by atoms with Crippen molar-refractivity contribution in [1.29, 1.82) is 0 Å². The highest BCUT2D eigenvalue weighted by molar-refractivity contribution is 7.90. The third kappa shape index (κ3) is 3.93. The molecule has 1 aromatic carbocycles. The molecule has 0 saturated heterocycles. The lowest BCUT2D eigenvalue weighted by atomic mass is 10.0. The van der Waals surface area contributed by atoms with Gasteiger partial charge >= 0.3 is 0 Å². The molecule has 0 bridgehead atoms. The second-order valence-corrected chi connectivity index (χ2v) is 9.44. The molecule has 0 fully saturated rings. The van der Waals surface area contributed by atoms with Gasteiger partial charge in [-0.05, 0) is 25.1 Å². The Morgan fingerprint density at radius 1 is 1.25 bits per heavy atom. The Hall–Kier alpha value is -3.75. The van der Waals surface area contributed by atoms with Gasteiger partial charge in [0.2, 0.25) is 0 Å². The summed E-state index contributed by atoms with van der Waals surface area (Å²) in [4.78, 5) is 15.8. The summed E-state index contributed by atoms with van der Waals surface area (Å²) in [5, 5.41) is 8.10. The Balaban J connectivity index is 1.88. The van der Waals surface area contributed by atoms with Gasteiger partial charge in [0.25, 0.3) is 5.69 Å². The van der Waals surface area contributed by atoms with Crippen molar-refractivity contribution in [2.45, 2.75) is 17.9 Å². The highest BCUT2D eigenvalue weighted by Gasteiger charge is 2.20. The number of aromatic nitrogens is 5. The van der Waals surface area contributed by atoms with Crippen LogP contribution in [0.5, 0.6) is 0 Å². The maximum absolute atomic E-state index is 12.1. The van der Waals surface area contributed by atoms with Gasteiger partial charge in [0.1, 0.15) is 18.0 Å². The number of hydrogen-bond donors (Lipinski definition) is 2. The zero-order valence-corrected chi connectivity index (χ0v) is 18.6. The minimum atomic E-state index is -3.42. The summed E-state index contributed by atoms with van der Waals surface area (Å²) in [6.07, 6.45) is 3.89. The molecule has 4 rings (SSSR count). The summed E-state index contributed by atoms with van der Waals surface area (Å²) < 4.78 is 25.6. The number of fused-ring (bicyclic) bond motifs is 1. The van der Waals surface area contributed by atoms with E-state index in [9.17, 15) is 8.42 Å². The second kappa shape index (κ2) is 8.07. The minimum Gasteiger partial charge on any atom is -0.392 e. The van der Waals surface area contributed by atoms with Gasteiger partial charge in [-0.2, -0.15) is 5.10 Å². The number of halogens is 1. The second-order valence-electron chi connectivity index (χ2n) is 7.03. The van der Waals surface area contributed by atoms with Gasteiger partial charge in [-0.1, -0.05) is 23.7 Å². The number of sulfone groups is 1. The van der Waals surface area contributed by atoms with Crippen LogP contribution < -0.4 is 11.1 Å². The number of rotatable bonds is 5. The van der Waals surface area contributed by atoms with E-state index in [0.717, 1.165) is 6.26 Å². The zero-order valence-electron chi connectivity index (χ0n) is 17.0. The van der Waals surface area contributed by atoms with Crippen LogP contribution in [0.4, 0.5) is 17.3 Å². The number of nitrogens with two attached hydrogens (primary N) is 1. The molecule has 0 amide bonds. The van der Waals surface area contributed by atoms with Crippen LogP contribution >= 0.6 is 11.6 Å². The van der Waals surface area contributed by atoms with E-state index in [0.29, 0.717) is 27.6 Å². The predicted molar refractivity (Wildman–Crippen MR) is 121 cm³/mol. The van der Waals surface area contributed by atoms with Crippen LogP contribution in [-0.2, 0) is 9.84 Å². The molecule has 0 aliphatic heterocycles. The number of imidazole rings is 1. The summed E-state index contributed by atoms with van der Waals surface area (Å²) in [5.74, 6) is 0.344. The Morgan fingerprint density at radius 2 is 2.03 bits per heavy atom. The molecule has 3 N–H and O–H groups in total. The van der Waals surface area contributed by atoms with Gasteiger partial charge in [-0.25, -0.2) is 32.7 Å². The Labute approximate surface area is 188 Å². The van der Waals surface area contributed by atoms with E-state index < -0.39 is 15.9 Å². The first kappa shape index (κ1) is 21.5. The molecule has 0 aliphatic rings. The molecule has 0 saturated carbocycles. The highest BCUT2D eigenvalue weighted by Crippen LogP contribution is 2.34. The number of hydrogen-bond acceptors (Lipinski definition) is 8. The molecular formula is C20H17ClN8O2S. The molecule has 10 nitrogen and oxygen atoms in total. The van der Waals surface area contributed by atoms with Crippen LogP contribution in [-0.4, -0.2) is 39.2 Å². The predicted octanol–water partition coefficient (Wildman–Crippen LogP) is 3.55. The van der Waals surface area contributed by atoms with Crippen LogP contribution in [0.2, 0.25) is 5.15 Å². The van der Waals surface area contributed by atoms with Gasteiger partial charge < -0.3 is 11.1 Å². The topological polar surface area (TPSA) is 133 Å². The van der Waals surface area contributed by atoms with Gasteiger partial charge in [0, 0.05) is 17.4 Å². The highest BCUT2D eigenvalue weighted by atomic mass is 35.5. The van der Waals surface area contributed by atoms with Crippen LogP contribution in [0.15, 0.2) is 47.8 Å². The van der Waals surface area contributed by atoms with E-state index >= 15 is 0 Å². The fraction of sp³-hybridized carbons (Fsp3) is 0.150. The van der Waals surface area contributed by atoms with Crippen molar-refractivity contribution < 1.29 is 8.42 Å². The van der Waals surface area contributed by atoms with E-state index in [4.69, 9.17) is 23.9 Å². The molecule has 162 valence electrons. The van der Waals surface area contributed by atoms with Crippen molar-refractivity contribution in [2.24, 2.45) is 0 Å². The molecule has 32 heavy (non-hydrogen) atoms. The van der Waals surface area contributed by atoms with Crippen molar-refractivity contribution in [3.63, 3.8) is 0 Å². The molecule has 0 unspecified atom stereocenters. The number of anilines is 2. The number of nitrogen functional groups attached to an aromatic ring is 1. The van der Waals surface area contributed by atoms with Gasteiger partial charge in [0.15, 0.2) is 20.6 Å². The number of nitrogens with one attached hydrogen (secondary N) is 1. The van der Waals surface area contributed by atoms with E-state index in [1.54, 1.807) is 24.3 Å². The molecule has 0 radical (unpaired) electrons. The molecule has 3 aromatic heterocycles. The summed E-state index contributed by atoms with van der Waals surface area (Å²) in [6.45, 7) is 9.23. The fourth-order valence-corrected chi connectivity index (χ4v) is 4.06. The average molecular weight is 469 g/mol. The molecular weight excluding hydrogens is 452 g/mol. The van der Waals surface area contributed by atoms with Gasteiger partial charge in [-0.15, -0.1) is 0 Å². The molecule has 4 aromatic rings. The van der Waals surface area contributed by atoms with Crippen LogP contribution in [0, 0.1) is 6.57 Å². The maximum Gasteiger partial charge on any atom is 0.268 e. The van der Waals surface area contributed by atoms with Crippen molar-refractivity contribution in [3.05, 3.63) is 65.0 Å². The minimum absolute atomic E-state index is 0.0689. The van der Waals surface area contributed by atoms with Gasteiger partial charge in [-0.3, -0.25) is 0 Å². The van der Waals surface area contributed by atoms with Crippen LogP contribution in [0.1, 0.15) is 18.5 Å². The molecule has 12 heteroatoms. The average Bonchev–Trinajstić information content (AvgIpc) is 3.12. The standard InChI is InChI=1S/C20H17ClN8O2S/c1-11(27-20-18(23-2)19(22)25-10-26-20)14-8-16-24-9-15(21)29(16)28-17(14)12-5-4-6-13(7-12)32(3,30)31/h4-11H,1,3H3,(H3,22,25,26,27)/t11-/m0/s1. The lowest BCUT2D eigenvalue weighted by Gasteiger charge is -2.19. The third-order valence-corrected chi connectivity index (χ3v) is 6.17. The quantitative estimate of drug-likeness (QED) is 0.425. The SMILES string of the molecule is [C-]#[N+]c1c(N)ncnc1N[C@@H](C)c1cc2ncc(Cl)n2nc1-c1cccc(S(C)(=O)=O)c1. The normalized spacial score (nSPS) is 12.4. The van der Waals surface area contributed by atoms with Crippen molar-refractivity contribution in [1.82, 2.24) is 24.6 Å². The monoisotopic (exact) mass is 468 g/mol. The van der Waals surface area contributed by atoms with Crippen molar-refractivity contribution in [2.75, 3.05) is 17.3 Å². The van der Waals surface area contributed by atoms with Crippen LogP contribution in [0.25, 0.3) is 21.7 Å². The van der Waals surface area contributed by atoms with E-state index in [1.807, 2.05) is 6.92 Å². The lowest BCUT2D eigenvalue weighted by molar-refractivity contribution is 0.602. The number of benzene rings is 1. The molecule has 3 heterocycles. The zero-order chi connectivity index (χ0) is 23.0. The smallest absolute Gasteiger partial charge is 0.268 e. The summed E-state index contributed by atoms with van der Waals surface area (Å²) in [6, 6.07) is 7.87. The first-order valence-electron chi connectivity index (χ1n) is 9.28. The molecule has 1 atom stereocenters. The van der Waals surface area contributed by atoms with Crippen LogP contribution in [0.3, 0.4) is 0 Å². The maximum atomic E-state index is 12.1. The summed E-state index contributed by atoms with van der Waals surface area (Å²) in [5.41, 5.74) is 8.18. The largest absolute Gasteiger partial charge is 0.392 e. The Kier molecular flexibility index (Phi) is 5.41.